The van der Waals surface area contributed by atoms with E-state index >= 15 is 0 Å². The molecule has 0 radical (unpaired) electrons. The molecule has 0 aliphatic rings. The number of carbonyl (C=O) groups is 1. The molecule has 1 rings (SSSR count). The van der Waals surface area contributed by atoms with Crippen molar-refractivity contribution in [2.45, 2.75) is 18.9 Å². The monoisotopic (exact) mass is 273 g/mol. The van der Waals surface area contributed by atoms with Gasteiger partial charge in [-0.15, -0.1) is 23.4 Å². The van der Waals surface area contributed by atoms with Crippen LogP contribution in [0.15, 0.2) is 23.4 Å². The Bertz CT molecular complexity index is 373. The predicted molar refractivity (Wildman–Crippen MR) is 70.8 cm³/mol. The van der Waals surface area contributed by atoms with Crippen LogP contribution >= 0.6 is 23.4 Å². The molecule has 0 N–H and O–H groups in total. The molecule has 5 heteroatoms. The first kappa shape index (κ1) is 14.3. The van der Waals surface area contributed by atoms with Gasteiger partial charge in [0.25, 0.3) is 0 Å². The Morgan fingerprint density at radius 3 is 3.06 bits per heavy atom. The highest BCUT2D eigenvalue weighted by Crippen LogP contribution is 2.23. The van der Waals surface area contributed by atoms with Crippen LogP contribution in [-0.2, 0) is 4.74 Å². The summed E-state index contributed by atoms with van der Waals surface area (Å²) in [5.74, 6) is 1.52. The molecule has 1 atom stereocenters. The van der Waals surface area contributed by atoms with Crippen molar-refractivity contribution in [1.29, 1.82) is 0 Å². The number of hydrogen-bond acceptors (Lipinski definition) is 4. The number of pyridine rings is 1. The molecular weight excluding hydrogens is 258 g/mol. The summed E-state index contributed by atoms with van der Waals surface area (Å²) in [6.07, 6.45) is 1.68. The predicted octanol–water partition coefficient (Wildman–Crippen LogP) is 3.23. The number of halogens is 1. The summed E-state index contributed by atoms with van der Waals surface area (Å²) in [6, 6.07) is 3.47. The zero-order valence-corrected chi connectivity index (χ0v) is 11.6. The third-order valence-corrected chi connectivity index (χ3v) is 3.90. The zero-order valence-electron chi connectivity index (χ0n) is 9.98. The Morgan fingerprint density at radius 1 is 1.65 bits per heavy atom. The average Bonchev–Trinajstić information content (AvgIpc) is 2.36. The molecule has 0 fully saturated rings. The van der Waals surface area contributed by atoms with Gasteiger partial charge in [0, 0.05) is 17.8 Å². The normalized spacial score (nSPS) is 12.2. The second-order valence-electron chi connectivity index (χ2n) is 3.65. The van der Waals surface area contributed by atoms with E-state index in [-0.39, 0.29) is 5.97 Å². The van der Waals surface area contributed by atoms with Gasteiger partial charge in [0.15, 0.2) is 0 Å². The topological polar surface area (TPSA) is 39.2 Å². The first-order valence-corrected chi connectivity index (χ1v) is 7.02. The number of aromatic nitrogens is 1. The fourth-order valence-electron chi connectivity index (χ4n) is 1.14. The van der Waals surface area contributed by atoms with Crippen molar-refractivity contribution in [3.63, 3.8) is 0 Å². The molecule has 17 heavy (non-hydrogen) atoms. The van der Waals surface area contributed by atoms with Crippen LogP contribution in [0.3, 0.4) is 0 Å². The van der Waals surface area contributed by atoms with E-state index in [4.69, 9.17) is 16.3 Å². The second kappa shape index (κ2) is 7.56. The quantitative estimate of drug-likeness (QED) is 0.453. The molecule has 3 nitrogen and oxygen atoms in total. The van der Waals surface area contributed by atoms with Crippen LogP contribution in [0.5, 0.6) is 0 Å². The van der Waals surface area contributed by atoms with Gasteiger partial charge in [-0.25, -0.2) is 9.78 Å². The van der Waals surface area contributed by atoms with Crippen molar-refractivity contribution in [3.05, 3.63) is 23.9 Å². The van der Waals surface area contributed by atoms with Crippen LogP contribution < -0.4 is 0 Å². The summed E-state index contributed by atoms with van der Waals surface area (Å²) in [5, 5.41) is 0.711. The largest absolute Gasteiger partial charge is 0.462 e. The maximum atomic E-state index is 11.7. The minimum Gasteiger partial charge on any atom is -0.462 e. The zero-order chi connectivity index (χ0) is 12.7. The van der Waals surface area contributed by atoms with Crippen molar-refractivity contribution < 1.29 is 9.53 Å². The van der Waals surface area contributed by atoms with Crippen molar-refractivity contribution >= 4 is 29.3 Å². The van der Waals surface area contributed by atoms with Gasteiger partial charge < -0.3 is 4.74 Å². The summed E-state index contributed by atoms with van der Waals surface area (Å²) in [7, 11) is 0. The van der Waals surface area contributed by atoms with Crippen molar-refractivity contribution in [2.75, 3.05) is 18.2 Å². The maximum Gasteiger partial charge on any atom is 0.340 e. The highest BCUT2D eigenvalue weighted by Gasteiger charge is 2.14. The van der Waals surface area contributed by atoms with Gasteiger partial charge in [0.05, 0.1) is 12.2 Å². The van der Waals surface area contributed by atoms with Crippen LogP contribution in [-0.4, -0.2) is 29.2 Å². The average molecular weight is 274 g/mol. The number of hydrogen-bond donors (Lipinski definition) is 0. The summed E-state index contributed by atoms with van der Waals surface area (Å²) >= 11 is 7.28. The van der Waals surface area contributed by atoms with E-state index < -0.39 is 0 Å². The van der Waals surface area contributed by atoms with Gasteiger partial charge in [-0.1, -0.05) is 6.92 Å². The lowest BCUT2D eigenvalue weighted by Gasteiger charge is -2.09. The highest BCUT2D eigenvalue weighted by atomic mass is 35.5. The molecule has 1 unspecified atom stereocenters. The molecule has 0 amide bonds. The van der Waals surface area contributed by atoms with Gasteiger partial charge >= 0.3 is 5.97 Å². The Labute approximate surface area is 111 Å². The van der Waals surface area contributed by atoms with Crippen LogP contribution in [0.2, 0.25) is 0 Å². The molecule has 0 saturated heterocycles. The fourth-order valence-corrected chi connectivity index (χ4v) is 2.38. The number of carbonyl (C=O) groups excluding carboxylic acids is 1. The van der Waals surface area contributed by atoms with Crippen LogP contribution in [0.25, 0.3) is 0 Å². The van der Waals surface area contributed by atoms with Crippen LogP contribution in [0.4, 0.5) is 0 Å². The van der Waals surface area contributed by atoms with Gasteiger partial charge in [0.2, 0.25) is 0 Å². The number of thioether (sulfide) groups is 1. The molecule has 0 aliphatic heterocycles. The number of rotatable bonds is 6. The van der Waals surface area contributed by atoms with E-state index in [1.54, 1.807) is 25.3 Å². The Kier molecular flexibility index (Phi) is 6.37. The smallest absolute Gasteiger partial charge is 0.340 e. The van der Waals surface area contributed by atoms with Gasteiger partial charge in [0.1, 0.15) is 5.03 Å². The third kappa shape index (κ3) is 4.56. The molecule has 0 bridgehead atoms. The highest BCUT2D eigenvalue weighted by molar-refractivity contribution is 7.99. The number of esters is 1. The minimum atomic E-state index is -0.318. The maximum absolute atomic E-state index is 11.7. The van der Waals surface area contributed by atoms with Crippen molar-refractivity contribution in [3.8, 4) is 0 Å². The van der Waals surface area contributed by atoms with E-state index in [2.05, 4.69) is 11.9 Å². The van der Waals surface area contributed by atoms with Gasteiger partial charge in [-0.3, -0.25) is 0 Å². The lowest BCUT2D eigenvalue weighted by Crippen LogP contribution is -2.08. The number of nitrogens with zero attached hydrogens (tertiary/aromatic N) is 1. The Balaban J connectivity index is 2.74. The summed E-state index contributed by atoms with van der Waals surface area (Å²) < 4.78 is 4.98. The molecule has 1 aromatic heterocycles. The van der Waals surface area contributed by atoms with E-state index in [0.29, 0.717) is 29.0 Å². The molecule has 0 aromatic carbocycles. The minimum absolute atomic E-state index is 0.318. The van der Waals surface area contributed by atoms with Crippen molar-refractivity contribution in [2.24, 2.45) is 5.92 Å². The molecule has 0 aliphatic carbocycles. The van der Waals surface area contributed by atoms with Crippen LogP contribution in [0, 0.1) is 5.92 Å². The van der Waals surface area contributed by atoms with Crippen molar-refractivity contribution in [1.82, 2.24) is 4.98 Å². The second-order valence-corrected chi connectivity index (χ2v) is 4.96. The molecule has 1 aromatic rings. The SMILES string of the molecule is CCOC(=O)c1cccnc1SCC(C)CCl. The molecule has 0 spiro atoms. The molecule has 94 valence electrons. The van der Waals surface area contributed by atoms with E-state index in [0.717, 1.165) is 5.75 Å². The summed E-state index contributed by atoms with van der Waals surface area (Å²) in [5.41, 5.74) is 0.529. The molecular formula is C12H16ClNO2S. The van der Waals surface area contributed by atoms with Crippen LogP contribution in [0.1, 0.15) is 24.2 Å². The Hall–Kier alpha value is -0.740. The van der Waals surface area contributed by atoms with Gasteiger partial charge in [-0.05, 0) is 25.0 Å². The van der Waals surface area contributed by atoms with E-state index in [9.17, 15) is 4.79 Å². The van der Waals surface area contributed by atoms with E-state index in [1.807, 2.05) is 0 Å². The first-order valence-electron chi connectivity index (χ1n) is 5.50. The first-order chi connectivity index (χ1) is 8.19. The number of ether oxygens (including phenoxy) is 1. The lowest BCUT2D eigenvalue weighted by atomic mass is 10.3. The molecule has 0 saturated carbocycles. The van der Waals surface area contributed by atoms with E-state index in [1.165, 1.54) is 11.8 Å². The third-order valence-electron chi connectivity index (χ3n) is 2.03. The Morgan fingerprint density at radius 2 is 2.41 bits per heavy atom. The summed E-state index contributed by atoms with van der Waals surface area (Å²) in [4.78, 5) is 15.9. The number of alkyl halides is 1. The molecule has 1 heterocycles. The summed E-state index contributed by atoms with van der Waals surface area (Å²) in [6.45, 7) is 4.22. The fraction of sp³-hybridized carbons (Fsp3) is 0.500. The standard InChI is InChI=1S/C12H16ClNO2S/c1-3-16-12(15)10-5-4-6-14-11(10)17-8-9(2)7-13/h4-6,9H,3,7-8H2,1-2H3. The van der Waals surface area contributed by atoms with Gasteiger partial charge in [-0.2, -0.15) is 0 Å². The lowest BCUT2D eigenvalue weighted by molar-refractivity contribution is 0.0521.